The number of amides is 1. The van der Waals surface area contributed by atoms with Gasteiger partial charge in [-0.05, 0) is 44.9 Å². The fourth-order valence-corrected chi connectivity index (χ4v) is 1.98. The number of hydrogen-bond donors (Lipinski definition) is 1. The molecule has 100 valence electrons. The minimum Gasteiger partial charge on any atom is -0.399 e. The fraction of sp³-hybridized carbons (Fsp3) is 0.500. The summed E-state index contributed by atoms with van der Waals surface area (Å²) in [6, 6.07) is 3.03. The Balaban J connectivity index is 3.17. The van der Waals surface area contributed by atoms with Crippen LogP contribution in [0, 0.1) is 12.7 Å². The summed E-state index contributed by atoms with van der Waals surface area (Å²) in [7, 11) is 0. The molecule has 0 aliphatic heterocycles. The van der Waals surface area contributed by atoms with Crippen molar-refractivity contribution in [2.24, 2.45) is 0 Å². The largest absolute Gasteiger partial charge is 0.399 e. The number of hydrogen-bond acceptors (Lipinski definition) is 2. The van der Waals surface area contributed by atoms with Crippen LogP contribution in [0.4, 0.5) is 10.1 Å². The summed E-state index contributed by atoms with van der Waals surface area (Å²) in [5.41, 5.74) is 6.56. The van der Waals surface area contributed by atoms with Crippen molar-refractivity contribution >= 4 is 11.6 Å². The van der Waals surface area contributed by atoms with E-state index in [1.165, 1.54) is 12.1 Å². The SMILES string of the molecule is CCC(C)N(CC)C(=O)c1cc(N)cc(C)c1F. The molecule has 0 spiro atoms. The molecule has 0 saturated carbocycles. The Kier molecular flexibility index (Phi) is 4.70. The predicted octanol–water partition coefficient (Wildman–Crippen LogP) is 2.98. The van der Waals surface area contributed by atoms with Gasteiger partial charge in [0.05, 0.1) is 5.56 Å². The van der Waals surface area contributed by atoms with Gasteiger partial charge in [-0.3, -0.25) is 4.79 Å². The number of rotatable bonds is 4. The molecule has 4 heteroatoms. The first-order valence-corrected chi connectivity index (χ1v) is 6.28. The van der Waals surface area contributed by atoms with Crippen LogP contribution in [0.5, 0.6) is 0 Å². The Hall–Kier alpha value is -1.58. The number of benzene rings is 1. The van der Waals surface area contributed by atoms with E-state index in [0.717, 1.165) is 6.42 Å². The molecule has 0 bridgehead atoms. The van der Waals surface area contributed by atoms with Crippen LogP contribution in [0.1, 0.15) is 43.1 Å². The topological polar surface area (TPSA) is 46.3 Å². The zero-order valence-electron chi connectivity index (χ0n) is 11.5. The number of nitrogens with two attached hydrogens (primary N) is 1. The first-order valence-electron chi connectivity index (χ1n) is 6.28. The number of nitrogens with zero attached hydrogens (tertiary/aromatic N) is 1. The van der Waals surface area contributed by atoms with E-state index >= 15 is 0 Å². The van der Waals surface area contributed by atoms with E-state index in [9.17, 15) is 9.18 Å². The minimum absolute atomic E-state index is 0.0645. The molecule has 3 nitrogen and oxygen atoms in total. The Labute approximate surface area is 108 Å². The molecular weight excluding hydrogens is 231 g/mol. The molecule has 1 amide bonds. The second-order valence-corrected chi connectivity index (χ2v) is 4.55. The van der Waals surface area contributed by atoms with Crippen LogP contribution < -0.4 is 5.73 Å². The highest BCUT2D eigenvalue weighted by Gasteiger charge is 2.22. The Morgan fingerprint density at radius 3 is 2.56 bits per heavy atom. The van der Waals surface area contributed by atoms with Gasteiger partial charge in [0.15, 0.2) is 0 Å². The van der Waals surface area contributed by atoms with Crippen LogP contribution in [0.25, 0.3) is 0 Å². The van der Waals surface area contributed by atoms with Crippen molar-refractivity contribution in [3.63, 3.8) is 0 Å². The van der Waals surface area contributed by atoms with Crippen molar-refractivity contribution in [2.75, 3.05) is 12.3 Å². The van der Waals surface area contributed by atoms with Crippen LogP contribution in [0.3, 0.4) is 0 Å². The van der Waals surface area contributed by atoms with Crippen molar-refractivity contribution < 1.29 is 9.18 Å². The molecule has 0 fully saturated rings. The van der Waals surface area contributed by atoms with Crippen molar-refractivity contribution in [1.82, 2.24) is 4.90 Å². The lowest BCUT2D eigenvalue weighted by atomic mass is 10.1. The Bertz CT molecular complexity index is 446. The number of carbonyl (C=O) groups excluding carboxylic acids is 1. The maximum atomic E-state index is 14.0. The van der Waals surface area contributed by atoms with Gasteiger partial charge in [0.1, 0.15) is 5.82 Å². The lowest BCUT2D eigenvalue weighted by molar-refractivity contribution is 0.0695. The maximum Gasteiger partial charge on any atom is 0.257 e. The van der Waals surface area contributed by atoms with Crippen LogP contribution in [-0.2, 0) is 0 Å². The number of aryl methyl sites for hydroxylation is 1. The van der Waals surface area contributed by atoms with Crippen LogP contribution in [0.2, 0.25) is 0 Å². The normalized spacial score (nSPS) is 12.3. The minimum atomic E-state index is -0.476. The van der Waals surface area contributed by atoms with E-state index in [0.29, 0.717) is 17.8 Å². The second kappa shape index (κ2) is 5.85. The number of halogens is 1. The Morgan fingerprint density at radius 1 is 1.44 bits per heavy atom. The summed E-state index contributed by atoms with van der Waals surface area (Å²) in [5.74, 6) is -0.768. The molecule has 1 unspecified atom stereocenters. The van der Waals surface area contributed by atoms with Gasteiger partial charge in [-0.15, -0.1) is 0 Å². The quantitative estimate of drug-likeness (QED) is 0.837. The van der Waals surface area contributed by atoms with Crippen molar-refractivity contribution in [3.8, 4) is 0 Å². The number of anilines is 1. The third-order valence-electron chi connectivity index (χ3n) is 3.23. The molecule has 0 heterocycles. The third kappa shape index (κ3) is 2.81. The summed E-state index contributed by atoms with van der Waals surface area (Å²) in [5, 5.41) is 0. The molecule has 1 rings (SSSR count). The first-order chi connectivity index (χ1) is 8.42. The van der Waals surface area contributed by atoms with Crippen molar-refractivity contribution in [3.05, 3.63) is 29.1 Å². The Morgan fingerprint density at radius 2 is 2.06 bits per heavy atom. The van der Waals surface area contributed by atoms with Gasteiger partial charge in [-0.25, -0.2) is 4.39 Å². The van der Waals surface area contributed by atoms with Gasteiger partial charge in [0, 0.05) is 18.3 Å². The summed E-state index contributed by atoms with van der Waals surface area (Å²) >= 11 is 0. The third-order valence-corrected chi connectivity index (χ3v) is 3.23. The molecule has 2 N–H and O–H groups in total. The lowest BCUT2D eigenvalue weighted by Gasteiger charge is -2.27. The van der Waals surface area contributed by atoms with Gasteiger partial charge in [0.25, 0.3) is 5.91 Å². The average Bonchev–Trinajstić information content (AvgIpc) is 2.34. The van der Waals surface area contributed by atoms with Gasteiger partial charge in [0.2, 0.25) is 0 Å². The molecular formula is C14H21FN2O. The average molecular weight is 252 g/mol. The summed E-state index contributed by atoms with van der Waals surface area (Å²) < 4.78 is 14.0. The van der Waals surface area contributed by atoms with Crippen molar-refractivity contribution in [2.45, 2.75) is 40.2 Å². The first kappa shape index (κ1) is 14.5. The van der Waals surface area contributed by atoms with E-state index in [2.05, 4.69) is 0 Å². The molecule has 0 aliphatic carbocycles. The molecule has 0 aromatic heterocycles. The van der Waals surface area contributed by atoms with E-state index < -0.39 is 5.82 Å². The number of nitrogen functional groups attached to an aromatic ring is 1. The molecule has 18 heavy (non-hydrogen) atoms. The molecule has 0 aliphatic rings. The predicted molar refractivity (Wildman–Crippen MR) is 72.0 cm³/mol. The smallest absolute Gasteiger partial charge is 0.257 e. The van der Waals surface area contributed by atoms with Gasteiger partial charge in [-0.2, -0.15) is 0 Å². The highest BCUT2D eigenvalue weighted by molar-refractivity contribution is 5.95. The standard InChI is InChI=1S/C14H21FN2O/c1-5-10(4)17(6-2)14(18)12-8-11(16)7-9(3)13(12)15/h7-8,10H,5-6,16H2,1-4H3. The fourth-order valence-electron chi connectivity index (χ4n) is 1.98. The maximum absolute atomic E-state index is 14.0. The second-order valence-electron chi connectivity index (χ2n) is 4.55. The van der Waals surface area contributed by atoms with Crippen LogP contribution in [0.15, 0.2) is 12.1 Å². The van der Waals surface area contributed by atoms with Crippen LogP contribution >= 0.6 is 0 Å². The lowest BCUT2D eigenvalue weighted by Crippen LogP contribution is -2.38. The highest BCUT2D eigenvalue weighted by Crippen LogP contribution is 2.20. The molecule has 0 radical (unpaired) electrons. The van der Waals surface area contributed by atoms with Gasteiger partial charge < -0.3 is 10.6 Å². The monoisotopic (exact) mass is 252 g/mol. The van der Waals surface area contributed by atoms with E-state index in [1.807, 2.05) is 20.8 Å². The summed E-state index contributed by atoms with van der Waals surface area (Å²) in [6.07, 6.45) is 0.836. The van der Waals surface area contributed by atoms with Crippen molar-refractivity contribution in [1.29, 1.82) is 0 Å². The van der Waals surface area contributed by atoms with Gasteiger partial charge in [-0.1, -0.05) is 6.92 Å². The molecule has 1 aromatic rings. The van der Waals surface area contributed by atoms with E-state index in [-0.39, 0.29) is 17.5 Å². The highest BCUT2D eigenvalue weighted by atomic mass is 19.1. The van der Waals surface area contributed by atoms with Gasteiger partial charge >= 0.3 is 0 Å². The summed E-state index contributed by atoms with van der Waals surface area (Å²) in [6.45, 7) is 8.02. The van der Waals surface area contributed by atoms with E-state index in [4.69, 9.17) is 5.73 Å². The molecule has 1 aromatic carbocycles. The zero-order valence-corrected chi connectivity index (χ0v) is 11.5. The zero-order chi connectivity index (χ0) is 13.9. The van der Waals surface area contributed by atoms with E-state index in [1.54, 1.807) is 11.8 Å². The summed E-state index contributed by atoms with van der Waals surface area (Å²) in [4.78, 5) is 14.0. The number of carbonyl (C=O) groups is 1. The molecule has 1 atom stereocenters. The van der Waals surface area contributed by atoms with Crippen LogP contribution in [-0.4, -0.2) is 23.4 Å². The molecule has 0 saturated heterocycles.